The summed E-state index contributed by atoms with van der Waals surface area (Å²) in [6.45, 7) is 1.98. The number of carbonyl (C=O) groups is 2. The van der Waals surface area contributed by atoms with E-state index < -0.39 is 5.82 Å². The monoisotopic (exact) mass is 395 g/mol. The van der Waals surface area contributed by atoms with Crippen molar-refractivity contribution < 1.29 is 14.0 Å². The number of aryl methyl sites for hydroxylation is 1. The smallest absolute Gasteiger partial charge is 0.322 e. The predicted octanol–water partition coefficient (Wildman–Crippen LogP) is 4.48. The molecule has 0 radical (unpaired) electrons. The van der Waals surface area contributed by atoms with Crippen LogP contribution in [-0.4, -0.2) is 35.0 Å². The number of halogens is 1. The number of benzene rings is 2. The molecule has 0 saturated carbocycles. The Hall–Kier alpha value is -2.89. The lowest BCUT2D eigenvalue weighted by molar-refractivity contribution is 0.0576. The van der Waals surface area contributed by atoms with Crippen LogP contribution in [0, 0.1) is 12.7 Å². The third kappa shape index (κ3) is 4.26. The molecule has 0 aliphatic carbocycles. The summed E-state index contributed by atoms with van der Waals surface area (Å²) in [6.07, 6.45) is 4.40. The molecule has 2 bridgehead atoms. The average molecular weight is 395 g/mol. The Kier molecular flexibility index (Phi) is 5.51. The van der Waals surface area contributed by atoms with Gasteiger partial charge in [-0.2, -0.15) is 0 Å². The number of amides is 3. The number of hydrogen-bond donors (Lipinski definition) is 2. The summed E-state index contributed by atoms with van der Waals surface area (Å²) < 4.78 is 13.4. The molecule has 2 N–H and O–H groups in total. The Morgan fingerprint density at radius 1 is 1.03 bits per heavy atom. The van der Waals surface area contributed by atoms with E-state index >= 15 is 0 Å². The highest BCUT2D eigenvalue weighted by Gasteiger charge is 2.41. The zero-order chi connectivity index (χ0) is 20.4. The van der Waals surface area contributed by atoms with E-state index in [1.807, 2.05) is 36.1 Å². The molecule has 152 valence electrons. The van der Waals surface area contributed by atoms with E-state index in [1.54, 1.807) is 6.07 Å². The lowest BCUT2D eigenvalue weighted by Crippen LogP contribution is -2.59. The first-order valence-electron chi connectivity index (χ1n) is 10.2. The van der Waals surface area contributed by atoms with Crippen LogP contribution < -0.4 is 10.6 Å². The van der Waals surface area contributed by atoms with Crippen molar-refractivity contribution in [1.82, 2.24) is 10.2 Å². The van der Waals surface area contributed by atoms with Crippen LogP contribution in [0.1, 0.15) is 48.0 Å². The highest BCUT2D eigenvalue weighted by atomic mass is 19.1. The molecule has 0 spiro atoms. The second-order valence-electron chi connectivity index (χ2n) is 8.04. The number of hydrogen-bond acceptors (Lipinski definition) is 2. The van der Waals surface area contributed by atoms with Crippen molar-refractivity contribution in [2.45, 2.75) is 57.2 Å². The Bertz CT molecular complexity index is 903. The molecule has 6 heteroatoms. The van der Waals surface area contributed by atoms with Crippen molar-refractivity contribution in [2.75, 3.05) is 5.32 Å². The molecule has 2 aromatic rings. The van der Waals surface area contributed by atoms with E-state index in [0.29, 0.717) is 5.56 Å². The molecule has 29 heavy (non-hydrogen) atoms. The first kappa shape index (κ1) is 19.4. The van der Waals surface area contributed by atoms with Gasteiger partial charge in [0.1, 0.15) is 5.82 Å². The summed E-state index contributed by atoms with van der Waals surface area (Å²) in [7, 11) is 0. The molecule has 2 aliphatic rings. The maximum absolute atomic E-state index is 13.4. The number of piperidine rings is 2. The number of para-hydroxylation sites is 1. The second-order valence-corrected chi connectivity index (χ2v) is 8.04. The maximum atomic E-state index is 13.4. The van der Waals surface area contributed by atoms with Gasteiger partial charge in [-0.3, -0.25) is 4.79 Å². The number of fused-ring (bicyclic) bond motifs is 2. The Balaban J connectivity index is 1.43. The zero-order valence-electron chi connectivity index (χ0n) is 16.5. The molecule has 2 aromatic carbocycles. The van der Waals surface area contributed by atoms with E-state index in [9.17, 15) is 14.0 Å². The van der Waals surface area contributed by atoms with Crippen LogP contribution in [0.25, 0.3) is 0 Å². The van der Waals surface area contributed by atoms with Crippen LogP contribution in [0.15, 0.2) is 48.5 Å². The fourth-order valence-corrected chi connectivity index (χ4v) is 4.62. The number of carbonyl (C=O) groups excluding carboxylic acids is 2. The molecule has 2 aliphatic heterocycles. The quantitative estimate of drug-likeness (QED) is 0.805. The maximum Gasteiger partial charge on any atom is 0.322 e. The van der Waals surface area contributed by atoms with Gasteiger partial charge in [0.15, 0.2) is 0 Å². The van der Waals surface area contributed by atoms with Gasteiger partial charge in [0.2, 0.25) is 0 Å². The Morgan fingerprint density at radius 3 is 2.45 bits per heavy atom. The number of anilines is 1. The summed E-state index contributed by atoms with van der Waals surface area (Å²) >= 11 is 0. The summed E-state index contributed by atoms with van der Waals surface area (Å²) in [4.78, 5) is 27.5. The summed E-state index contributed by atoms with van der Waals surface area (Å²) in [5.41, 5.74) is 2.19. The van der Waals surface area contributed by atoms with Gasteiger partial charge < -0.3 is 15.5 Å². The lowest BCUT2D eigenvalue weighted by Gasteiger charge is -2.48. The minimum Gasteiger partial charge on any atom is -0.349 e. The van der Waals surface area contributed by atoms with Crippen LogP contribution in [0.2, 0.25) is 0 Å². The van der Waals surface area contributed by atoms with E-state index in [1.165, 1.54) is 18.2 Å². The average Bonchev–Trinajstić information content (AvgIpc) is 2.69. The van der Waals surface area contributed by atoms with Gasteiger partial charge in [-0.25, -0.2) is 9.18 Å². The van der Waals surface area contributed by atoms with Crippen LogP contribution >= 0.6 is 0 Å². The fourth-order valence-electron chi connectivity index (χ4n) is 4.62. The standard InChI is InChI=1S/C23H26FN3O2/c1-15-6-2-3-11-21(15)26-23(29)27-19-9-5-10-20(27)14-18(13-19)25-22(28)16-7-4-8-17(24)12-16/h2-4,6-8,11-12,18-20H,5,9-10,13-14H2,1H3,(H,25,28)(H,26,29). The topological polar surface area (TPSA) is 61.4 Å². The van der Waals surface area contributed by atoms with Crippen molar-refractivity contribution in [3.8, 4) is 0 Å². The van der Waals surface area contributed by atoms with Gasteiger partial charge in [0.25, 0.3) is 5.91 Å². The van der Waals surface area contributed by atoms with E-state index in [0.717, 1.165) is 43.4 Å². The van der Waals surface area contributed by atoms with Gasteiger partial charge in [0.05, 0.1) is 0 Å². The molecular weight excluding hydrogens is 369 g/mol. The van der Waals surface area contributed by atoms with Crippen molar-refractivity contribution in [2.24, 2.45) is 0 Å². The second kappa shape index (κ2) is 8.23. The molecule has 5 nitrogen and oxygen atoms in total. The molecule has 2 fully saturated rings. The largest absolute Gasteiger partial charge is 0.349 e. The minimum absolute atomic E-state index is 0.0106. The minimum atomic E-state index is -0.419. The normalized spacial score (nSPS) is 23.4. The lowest BCUT2D eigenvalue weighted by atomic mass is 9.82. The number of urea groups is 1. The third-order valence-electron chi connectivity index (χ3n) is 6.02. The molecular formula is C23H26FN3O2. The van der Waals surface area contributed by atoms with Gasteiger partial charge in [-0.05, 0) is 68.9 Å². The van der Waals surface area contributed by atoms with E-state index in [2.05, 4.69) is 10.6 Å². The molecule has 0 aromatic heterocycles. The van der Waals surface area contributed by atoms with Crippen molar-refractivity contribution in [3.05, 3.63) is 65.5 Å². The molecule has 4 rings (SSSR count). The van der Waals surface area contributed by atoms with Crippen molar-refractivity contribution in [3.63, 3.8) is 0 Å². The SMILES string of the molecule is Cc1ccccc1NC(=O)N1C2CCCC1CC(NC(=O)c1cccc(F)c1)C2. The third-order valence-corrected chi connectivity index (χ3v) is 6.02. The highest BCUT2D eigenvalue weighted by molar-refractivity contribution is 5.94. The van der Waals surface area contributed by atoms with Crippen molar-refractivity contribution in [1.29, 1.82) is 0 Å². The molecule has 2 atom stereocenters. The van der Waals surface area contributed by atoms with E-state index in [-0.39, 0.29) is 30.1 Å². The van der Waals surface area contributed by atoms with Crippen LogP contribution in [0.5, 0.6) is 0 Å². The molecule has 2 saturated heterocycles. The Morgan fingerprint density at radius 2 is 1.76 bits per heavy atom. The zero-order valence-corrected chi connectivity index (χ0v) is 16.5. The van der Waals surface area contributed by atoms with Gasteiger partial charge in [-0.1, -0.05) is 24.3 Å². The van der Waals surface area contributed by atoms with Gasteiger partial charge in [-0.15, -0.1) is 0 Å². The predicted molar refractivity (Wildman–Crippen MR) is 110 cm³/mol. The summed E-state index contributed by atoms with van der Waals surface area (Å²) in [5.74, 6) is -0.678. The summed E-state index contributed by atoms with van der Waals surface area (Å²) in [5, 5.41) is 6.10. The molecule has 2 unspecified atom stereocenters. The Labute approximate surface area is 170 Å². The van der Waals surface area contributed by atoms with E-state index in [4.69, 9.17) is 0 Å². The van der Waals surface area contributed by atoms with Crippen LogP contribution in [-0.2, 0) is 0 Å². The first-order valence-corrected chi connectivity index (χ1v) is 10.2. The molecule has 3 amide bonds. The number of nitrogens with one attached hydrogen (secondary N) is 2. The summed E-state index contributed by atoms with van der Waals surface area (Å²) in [6, 6.07) is 13.6. The molecule has 2 heterocycles. The fraction of sp³-hybridized carbons (Fsp3) is 0.391. The van der Waals surface area contributed by atoms with Crippen LogP contribution in [0.4, 0.5) is 14.9 Å². The number of nitrogens with zero attached hydrogens (tertiary/aromatic N) is 1. The van der Waals surface area contributed by atoms with Gasteiger partial charge >= 0.3 is 6.03 Å². The van der Waals surface area contributed by atoms with Crippen LogP contribution in [0.3, 0.4) is 0 Å². The van der Waals surface area contributed by atoms with Crippen molar-refractivity contribution >= 4 is 17.6 Å². The number of rotatable bonds is 3. The van der Waals surface area contributed by atoms with Gasteiger partial charge in [0, 0.05) is 29.4 Å². The first-order chi connectivity index (χ1) is 14.0. The highest BCUT2D eigenvalue weighted by Crippen LogP contribution is 2.35.